The summed E-state index contributed by atoms with van der Waals surface area (Å²) in [6, 6.07) is -0.872. The summed E-state index contributed by atoms with van der Waals surface area (Å²) in [5.74, 6) is -0.196. The van der Waals surface area contributed by atoms with Gasteiger partial charge in [-0.1, -0.05) is 221 Å². The van der Waals surface area contributed by atoms with Gasteiger partial charge in [-0.15, -0.1) is 0 Å². The smallest absolute Gasteiger partial charge is 0.387 e. The molecule has 0 spiro atoms. The fourth-order valence-corrected chi connectivity index (χ4v) is 8.11. The molecule has 0 aliphatic heterocycles. The number of nitrogens with zero attached hydrogens (tertiary/aromatic N) is 1. The lowest BCUT2D eigenvalue weighted by molar-refractivity contribution is -0.870. The molecule has 1 amide bonds. The third-order valence-electron chi connectivity index (χ3n) is 11.6. The van der Waals surface area contributed by atoms with Crippen molar-refractivity contribution in [2.45, 2.75) is 231 Å². The SMILES string of the molecule is CC/C=C\C/C=C\C/C=C\C/C=C\C/C=C\CCCCCCCCCCCC(=O)NC(COP(=O)(O)OCC[N+](C)(C)C)C(O)/C=C/CC/C=C/CCCCCCCCCCCCCCC. The van der Waals surface area contributed by atoms with E-state index in [1.807, 2.05) is 27.2 Å². The predicted molar refractivity (Wildman–Crippen MR) is 286 cm³/mol. The number of carbonyl (C=O) groups is 1. The number of unbranched alkanes of at least 4 members (excludes halogenated alkanes) is 23. The van der Waals surface area contributed by atoms with Crippen LogP contribution in [0.25, 0.3) is 0 Å². The van der Waals surface area contributed by atoms with Crippen LogP contribution >= 0.6 is 7.82 Å². The van der Waals surface area contributed by atoms with Crippen molar-refractivity contribution < 1.29 is 32.9 Å². The summed E-state index contributed by atoms with van der Waals surface area (Å²) in [7, 11) is 1.54. The molecule has 0 aromatic carbocycles. The zero-order valence-corrected chi connectivity index (χ0v) is 44.3. The number of nitrogens with one attached hydrogen (secondary N) is 1. The number of carbonyl (C=O) groups excluding carboxylic acids is 1. The van der Waals surface area contributed by atoms with Crippen molar-refractivity contribution in [1.82, 2.24) is 5.32 Å². The van der Waals surface area contributed by atoms with Gasteiger partial charge in [0.1, 0.15) is 13.2 Å². The van der Waals surface area contributed by atoms with Gasteiger partial charge in [-0.25, -0.2) is 4.57 Å². The number of allylic oxidation sites excluding steroid dienone is 13. The Balaban J connectivity index is 4.33. The van der Waals surface area contributed by atoms with Gasteiger partial charge in [0, 0.05) is 6.42 Å². The minimum absolute atomic E-state index is 0.0510. The molecular weight excluding hydrogens is 840 g/mol. The van der Waals surface area contributed by atoms with Crippen LogP contribution in [0.1, 0.15) is 219 Å². The highest BCUT2D eigenvalue weighted by Gasteiger charge is 2.27. The lowest BCUT2D eigenvalue weighted by Crippen LogP contribution is -2.45. The van der Waals surface area contributed by atoms with Crippen LogP contribution in [0.4, 0.5) is 0 Å². The molecule has 0 heterocycles. The zero-order chi connectivity index (χ0) is 48.5. The van der Waals surface area contributed by atoms with Crippen molar-refractivity contribution in [2.24, 2.45) is 0 Å². The quantitative estimate of drug-likeness (QED) is 0.0243. The summed E-state index contributed by atoms with van der Waals surface area (Å²) >= 11 is 0. The molecule has 3 unspecified atom stereocenters. The van der Waals surface area contributed by atoms with E-state index >= 15 is 0 Å². The summed E-state index contributed by atoms with van der Waals surface area (Å²) in [6.45, 7) is 4.68. The van der Waals surface area contributed by atoms with Crippen LogP contribution < -0.4 is 5.32 Å². The molecule has 3 atom stereocenters. The molecule has 9 heteroatoms. The molecule has 0 aromatic heterocycles. The molecule has 382 valence electrons. The van der Waals surface area contributed by atoms with E-state index in [1.165, 1.54) is 122 Å². The maximum atomic E-state index is 13.0. The number of phosphoric acid groups is 1. The highest BCUT2D eigenvalue weighted by atomic mass is 31.2. The Morgan fingerprint density at radius 3 is 1.39 bits per heavy atom. The van der Waals surface area contributed by atoms with Crippen molar-refractivity contribution >= 4 is 13.7 Å². The molecule has 0 radical (unpaired) electrons. The maximum Gasteiger partial charge on any atom is 0.472 e. The van der Waals surface area contributed by atoms with Crippen molar-refractivity contribution in [2.75, 3.05) is 40.9 Å². The first-order chi connectivity index (χ1) is 32.0. The number of phosphoric ester groups is 1. The largest absolute Gasteiger partial charge is 0.472 e. The Morgan fingerprint density at radius 2 is 0.924 bits per heavy atom. The van der Waals surface area contributed by atoms with Crippen LogP contribution in [0.15, 0.2) is 85.1 Å². The first kappa shape index (κ1) is 63.7. The minimum atomic E-state index is -4.36. The summed E-state index contributed by atoms with van der Waals surface area (Å²) in [5.41, 5.74) is 0. The van der Waals surface area contributed by atoms with Gasteiger partial charge in [-0.2, -0.15) is 0 Å². The van der Waals surface area contributed by atoms with Crippen molar-refractivity contribution in [3.63, 3.8) is 0 Å². The maximum absolute atomic E-state index is 13.0. The molecule has 0 aliphatic carbocycles. The fraction of sp³-hybridized carbons (Fsp3) is 0.737. The average molecular weight is 944 g/mol. The number of aliphatic hydroxyl groups excluding tert-OH is 1. The lowest BCUT2D eigenvalue weighted by atomic mass is 10.0. The second-order valence-corrected chi connectivity index (χ2v) is 20.7. The van der Waals surface area contributed by atoms with E-state index in [0.29, 0.717) is 17.4 Å². The molecule has 8 nitrogen and oxygen atoms in total. The number of aliphatic hydroxyl groups is 1. The number of hydrogen-bond acceptors (Lipinski definition) is 5. The Bertz CT molecular complexity index is 1350. The molecule has 0 aromatic rings. The van der Waals surface area contributed by atoms with Crippen LogP contribution in [0.5, 0.6) is 0 Å². The van der Waals surface area contributed by atoms with E-state index in [9.17, 15) is 19.4 Å². The number of hydrogen-bond donors (Lipinski definition) is 3. The van der Waals surface area contributed by atoms with Crippen LogP contribution in [0, 0.1) is 0 Å². The van der Waals surface area contributed by atoms with Gasteiger partial charge >= 0.3 is 7.82 Å². The Morgan fingerprint density at radius 1 is 0.530 bits per heavy atom. The second kappa shape index (κ2) is 47.7. The highest BCUT2D eigenvalue weighted by Crippen LogP contribution is 2.43. The third kappa shape index (κ3) is 49.6. The summed E-state index contributed by atoms with van der Waals surface area (Å²) in [5, 5.41) is 13.9. The highest BCUT2D eigenvalue weighted by molar-refractivity contribution is 7.47. The Hall–Kier alpha value is -2.32. The van der Waals surface area contributed by atoms with Gasteiger partial charge in [0.15, 0.2) is 0 Å². The van der Waals surface area contributed by atoms with Crippen LogP contribution in [0.3, 0.4) is 0 Å². The third-order valence-corrected chi connectivity index (χ3v) is 12.6. The van der Waals surface area contributed by atoms with Gasteiger partial charge in [0.25, 0.3) is 0 Å². The number of likely N-dealkylation sites (N-methyl/N-ethyl adjacent to an activating group) is 1. The topological polar surface area (TPSA) is 105 Å². The minimum Gasteiger partial charge on any atom is -0.387 e. The van der Waals surface area contributed by atoms with Crippen LogP contribution in [-0.2, 0) is 18.4 Å². The predicted octanol–water partition coefficient (Wildman–Crippen LogP) is 16.1. The van der Waals surface area contributed by atoms with E-state index in [0.717, 1.165) is 77.0 Å². The van der Waals surface area contributed by atoms with E-state index in [1.54, 1.807) is 6.08 Å². The lowest BCUT2D eigenvalue weighted by Gasteiger charge is -2.25. The van der Waals surface area contributed by atoms with Gasteiger partial charge in [0.05, 0.1) is 39.9 Å². The first-order valence-electron chi connectivity index (χ1n) is 27.0. The van der Waals surface area contributed by atoms with Crippen LogP contribution in [-0.4, -0.2) is 73.4 Å². The van der Waals surface area contributed by atoms with E-state index in [4.69, 9.17) is 9.05 Å². The number of quaternary nitrogens is 1. The van der Waals surface area contributed by atoms with E-state index < -0.39 is 20.0 Å². The Labute approximate surface area is 407 Å². The Kier molecular flexibility index (Phi) is 46.1. The van der Waals surface area contributed by atoms with Crippen molar-refractivity contribution in [3.05, 3.63) is 85.1 Å². The summed E-state index contributed by atoms with van der Waals surface area (Å²) in [4.78, 5) is 23.3. The molecule has 0 saturated heterocycles. The molecule has 0 bridgehead atoms. The fourth-order valence-electron chi connectivity index (χ4n) is 7.38. The average Bonchev–Trinajstić information content (AvgIpc) is 3.28. The van der Waals surface area contributed by atoms with Crippen LogP contribution in [0.2, 0.25) is 0 Å². The molecule has 0 saturated carbocycles. The molecule has 3 N–H and O–H groups in total. The molecule has 0 fully saturated rings. The normalized spacial score (nSPS) is 14.7. The molecule has 0 aliphatic rings. The van der Waals surface area contributed by atoms with Gasteiger partial charge < -0.3 is 19.8 Å². The monoisotopic (exact) mass is 944 g/mol. The van der Waals surface area contributed by atoms with E-state index in [2.05, 4.69) is 92.1 Å². The summed E-state index contributed by atoms with van der Waals surface area (Å²) in [6.07, 6.45) is 66.7. The van der Waals surface area contributed by atoms with Crippen molar-refractivity contribution in [1.29, 1.82) is 0 Å². The first-order valence-corrected chi connectivity index (χ1v) is 28.5. The molecule has 0 rings (SSSR count). The van der Waals surface area contributed by atoms with Gasteiger partial charge in [0.2, 0.25) is 5.91 Å². The number of amides is 1. The van der Waals surface area contributed by atoms with Gasteiger partial charge in [-0.3, -0.25) is 13.8 Å². The zero-order valence-electron chi connectivity index (χ0n) is 43.4. The van der Waals surface area contributed by atoms with Crippen molar-refractivity contribution in [3.8, 4) is 0 Å². The molecule has 66 heavy (non-hydrogen) atoms. The molecular formula is C57H104N2O6P+. The number of rotatable bonds is 48. The standard InChI is InChI=1S/C57H103N2O6P/c1-6-8-10-12-14-16-18-20-22-24-26-27-28-29-30-31-33-35-37-39-41-43-45-47-49-51-57(61)58-55(54-65-66(62,63)64-53-52-59(3,4)5)56(60)50-48-46-44-42-40-38-36-34-32-25-23-21-19-17-15-13-11-9-7-2/h8,10,14,16,20,22,26-27,29-30,40,42,48,50,55-56,60H,6-7,9,11-13,15,17-19,21,23-25,28,31-39,41,43-47,49,51-54H2,1-5H3,(H-,58,61,62,63)/p+1/b10-8-,16-14-,22-20-,27-26-,30-29-,42-40+,50-48+. The van der Waals surface area contributed by atoms with E-state index in [-0.39, 0.29) is 19.1 Å². The summed E-state index contributed by atoms with van der Waals surface area (Å²) < 4.78 is 23.7. The second-order valence-electron chi connectivity index (χ2n) is 19.2. The van der Waals surface area contributed by atoms with Gasteiger partial charge in [-0.05, 0) is 77.0 Å².